The minimum Gasteiger partial charge on any atom is -0.445 e. The lowest BCUT2D eigenvalue weighted by atomic mass is 10.1. The van der Waals surface area contributed by atoms with Gasteiger partial charge in [-0.15, -0.1) is 12.4 Å². The van der Waals surface area contributed by atoms with E-state index in [1.54, 1.807) is 22.7 Å². The van der Waals surface area contributed by atoms with E-state index in [9.17, 15) is 4.79 Å². The van der Waals surface area contributed by atoms with Crippen molar-refractivity contribution in [3.05, 3.63) is 131 Å². The lowest BCUT2D eigenvalue weighted by Gasteiger charge is -2.22. The number of ether oxygens (including phenoxy) is 1. The fourth-order valence-electron chi connectivity index (χ4n) is 6.63. The minimum atomic E-state index is -0.281. The standard InChI is InChI=1S/C24H21N3O2S.C16H15N3S.ClH/c28-24(29-16-17-8-3-1-4-9-17)27-15-7-12-20(27)22-26-21-19(13-14-25-23(21)30-22)18-10-5-2-6-11-18;1-2-5-11(6-3-1)12-8-10-18-16-14(12)19-15(20-16)13-7-4-9-17-13;/h1-6,8-11,13-14,20H,7,12,15-16H2;1-3,5-6,8,10,13,17H,4,7,9H2;1H. The zero-order valence-corrected chi connectivity index (χ0v) is 30.3. The summed E-state index contributed by atoms with van der Waals surface area (Å²) in [5.41, 5.74) is 7.48. The first-order chi connectivity index (χ1) is 24.7. The van der Waals surface area contributed by atoms with E-state index < -0.39 is 0 Å². The lowest BCUT2D eigenvalue weighted by Crippen LogP contribution is -2.31. The molecule has 51 heavy (non-hydrogen) atoms. The number of pyridine rings is 2. The molecule has 1 N–H and O–H groups in total. The molecular weight excluding hydrogens is 696 g/mol. The molecule has 6 heterocycles. The number of nitrogens with zero attached hydrogens (tertiary/aromatic N) is 5. The Labute approximate surface area is 311 Å². The van der Waals surface area contributed by atoms with E-state index in [1.165, 1.54) is 29.0 Å². The van der Waals surface area contributed by atoms with E-state index in [2.05, 4.69) is 57.7 Å². The number of benzene rings is 3. The van der Waals surface area contributed by atoms with Crippen molar-refractivity contribution in [2.45, 2.75) is 44.4 Å². The molecule has 2 saturated heterocycles. The molecule has 11 heteroatoms. The van der Waals surface area contributed by atoms with Gasteiger partial charge in [-0.1, -0.05) is 114 Å². The van der Waals surface area contributed by atoms with Gasteiger partial charge in [-0.25, -0.2) is 24.7 Å². The van der Waals surface area contributed by atoms with E-state index in [0.717, 1.165) is 61.8 Å². The molecule has 0 bridgehead atoms. The number of thiazole rings is 2. The molecule has 0 spiro atoms. The summed E-state index contributed by atoms with van der Waals surface area (Å²) in [6.45, 7) is 2.06. The third-order valence-corrected chi connectivity index (χ3v) is 11.3. The zero-order chi connectivity index (χ0) is 33.7. The molecule has 8 nitrogen and oxygen atoms in total. The monoisotopic (exact) mass is 732 g/mol. The third kappa shape index (κ3) is 7.64. The second-order valence-corrected chi connectivity index (χ2v) is 14.4. The Morgan fingerprint density at radius 2 is 1.29 bits per heavy atom. The Balaban J connectivity index is 0.000000168. The van der Waals surface area contributed by atoms with Gasteiger partial charge in [-0.3, -0.25) is 4.90 Å². The van der Waals surface area contributed by atoms with Crippen LogP contribution in [0.15, 0.2) is 116 Å². The van der Waals surface area contributed by atoms with Crippen molar-refractivity contribution in [3.63, 3.8) is 0 Å². The second-order valence-electron chi connectivity index (χ2n) is 12.4. The van der Waals surface area contributed by atoms with Gasteiger partial charge < -0.3 is 10.1 Å². The maximum Gasteiger partial charge on any atom is 0.410 e. The molecule has 9 rings (SSSR count). The quantitative estimate of drug-likeness (QED) is 0.182. The Morgan fingerprint density at radius 3 is 1.88 bits per heavy atom. The largest absolute Gasteiger partial charge is 0.445 e. The van der Waals surface area contributed by atoms with Crippen molar-refractivity contribution in [2.24, 2.45) is 0 Å². The molecule has 4 aromatic heterocycles. The van der Waals surface area contributed by atoms with Gasteiger partial charge >= 0.3 is 6.09 Å². The van der Waals surface area contributed by atoms with Crippen LogP contribution in [0.2, 0.25) is 0 Å². The average molecular weight is 733 g/mol. The number of rotatable bonds is 6. The predicted molar refractivity (Wildman–Crippen MR) is 208 cm³/mol. The average Bonchev–Trinajstić information content (AvgIpc) is 4.01. The molecule has 2 fully saturated rings. The Bertz CT molecular complexity index is 2210. The van der Waals surface area contributed by atoms with Crippen LogP contribution in [0.25, 0.3) is 42.9 Å². The number of hydrogen-bond acceptors (Lipinski definition) is 9. The highest BCUT2D eigenvalue weighted by Gasteiger charge is 2.34. The van der Waals surface area contributed by atoms with Gasteiger partial charge in [-0.2, -0.15) is 0 Å². The number of carbonyl (C=O) groups excluding carboxylic acids is 1. The fourth-order valence-corrected chi connectivity index (χ4v) is 8.76. The summed E-state index contributed by atoms with van der Waals surface area (Å²) in [5, 5.41) is 5.61. The molecule has 0 radical (unpaired) electrons. The van der Waals surface area contributed by atoms with Crippen molar-refractivity contribution < 1.29 is 9.53 Å². The number of carbonyl (C=O) groups is 1. The van der Waals surface area contributed by atoms with Crippen LogP contribution in [-0.4, -0.2) is 44.0 Å². The van der Waals surface area contributed by atoms with Crippen molar-refractivity contribution in [3.8, 4) is 22.3 Å². The fraction of sp³-hybridized carbons (Fsp3) is 0.225. The first-order valence-electron chi connectivity index (χ1n) is 17.0. The first-order valence-corrected chi connectivity index (χ1v) is 18.7. The number of likely N-dealkylation sites (tertiary alicyclic amines) is 1. The van der Waals surface area contributed by atoms with Crippen LogP contribution in [0.1, 0.15) is 53.3 Å². The molecular formula is C40H37ClN6O2S2. The minimum absolute atomic E-state index is 0. The van der Waals surface area contributed by atoms with Crippen molar-refractivity contribution in [1.82, 2.24) is 30.2 Å². The highest BCUT2D eigenvalue weighted by molar-refractivity contribution is 7.18. The van der Waals surface area contributed by atoms with Gasteiger partial charge in [0.1, 0.15) is 37.3 Å². The Morgan fingerprint density at radius 1 is 0.725 bits per heavy atom. The number of hydrogen-bond donors (Lipinski definition) is 1. The van der Waals surface area contributed by atoms with Gasteiger partial charge in [-0.05, 0) is 61.1 Å². The molecule has 0 aliphatic carbocycles. The molecule has 2 unspecified atom stereocenters. The molecule has 7 aromatic rings. The zero-order valence-electron chi connectivity index (χ0n) is 27.9. The number of fused-ring (bicyclic) bond motifs is 2. The van der Waals surface area contributed by atoms with Crippen LogP contribution >= 0.6 is 35.1 Å². The van der Waals surface area contributed by atoms with E-state index in [1.807, 2.05) is 78.0 Å². The van der Waals surface area contributed by atoms with Gasteiger partial charge in [0.15, 0.2) is 0 Å². The predicted octanol–water partition coefficient (Wildman–Crippen LogP) is 10.0. The van der Waals surface area contributed by atoms with Gasteiger partial charge in [0.25, 0.3) is 0 Å². The lowest BCUT2D eigenvalue weighted by molar-refractivity contribution is 0.0920. The van der Waals surface area contributed by atoms with Crippen LogP contribution in [-0.2, 0) is 11.3 Å². The number of aromatic nitrogens is 4. The Hall–Kier alpha value is -4.74. The highest BCUT2D eigenvalue weighted by atomic mass is 35.5. The molecule has 3 aromatic carbocycles. The van der Waals surface area contributed by atoms with Crippen LogP contribution in [0, 0.1) is 0 Å². The van der Waals surface area contributed by atoms with Crippen LogP contribution < -0.4 is 5.32 Å². The Kier molecular flexibility index (Phi) is 10.9. The summed E-state index contributed by atoms with van der Waals surface area (Å²) in [7, 11) is 0. The third-order valence-electron chi connectivity index (χ3n) is 9.13. The molecule has 2 aliphatic heterocycles. The van der Waals surface area contributed by atoms with Gasteiger partial charge in [0.05, 0.1) is 12.1 Å². The maximum absolute atomic E-state index is 12.8. The molecule has 258 valence electrons. The molecule has 0 saturated carbocycles. The number of halogens is 1. The van der Waals surface area contributed by atoms with Crippen LogP contribution in [0.4, 0.5) is 4.79 Å². The number of amides is 1. The summed E-state index contributed by atoms with van der Waals surface area (Å²) in [4.78, 5) is 35.3. The maximum atomic E-state index is 12.8. The number of nitrogens with one attached hydrogen (secondary N) is 1. The summed E-state index contributed by atoms with van der Waals surface area (Å²) < 4.78 is 5.58. The van der Waals surface area contributed by atoms with E-state index in [4.69, 9.17) is 14.7 Å². The second kappa shape index (κ2) is 16.1. The molecule has 1 amide bonds. The van der Waals surface area contributed by atoms with E-state index >= 15 is 0 Å². The summed E-state index contributed by atoms with van der Waals surface area (Å²) in [6.07, 6.45) is 7.68. The SMILES string of the molecule is Cl.O=C(OCc1ccccc1)N1CCCC1c1nc2c(-c3ccccc3)ccnc2s1.c1ccc(-c2ccnc3sc(C4CCCN4)nc23)cc1. The van der Waals surface area contributed by atoms with E-state index in [-0.39, 0.29) is 31.1 Å². The van der Waals surface area contributed by atoms with Crippen LogP contribution in [0.3, 0.4) is 0 Å². The summed E-state index contributed by atoms with van der Waals surface area (Å²) >= 11 is 3.29. The molecule has 2 atom stereocenters. The normalized spacial score (nSPS) is 16.8. The van der Waals surface area contributed by atoms with Gasteiger partial charge in [0.2, 0.25) is 0 Å². The van der Waals surface area contributed by atoms with Crippen molar-refractivity contribution in [1.29, 1.82) is 0 Å². The van der Waals surface area contributed by atoms with E-state index in [0.29, 0.717) is 12.6 Å². The van der Waals surface area contributed by atoms with Gasteiger partial charge in [0, 0.05) is 30.1 Å². The highest BCUT2D eigenvalue weighted by Crippen LogP contribution is 2.39. The molecule has 2 aliphatic rings. The first kappa shape index (κ1) is 34.7. The topological polar surface area (TPSA) is 93.1 Å². The van der Waals surface area contributed by atoms with Crippen LogP contribution in [0.5, 0.6) is 0 Å². The smallest absolute Gasteiger partial charge is 0.410 e. The van der Waals surface area contributed by atoms with Crippen molar-refractivity contribution in [2.75, 3.05) is 13.1 Å². The summed E-state index contributed by atoms with van der Waals surface area (Å²) in [5.74, 6) is 0. The van der Waals surface area contributed by atoms with Crippen molar-refractivity contribution >= 4 is 61.9 Å². The summed E-state index contributed by atoms with van der Waals surface area (Å²) in [6, 6.07) is 34.8.